The summed E-state index contributed by atoms with van der Waals surface area (Å²) in [4.78, 5) is 19.6. The third-order valence-electron chi connectivity index (χ3n) is 6.71. The fourth-order valence-corrected chi connectivity index (χ4v) is 6.04. The molecule has 0 fully saturated rings. The average Bonchev–Trinajstić information content (AvgIpc) is 3.22. The van der Waals surface area contributed by atoms with E-state index in [0.717, 1.165) is 29.7 Å². The zero-order valence-corrected chi connectivity index (χ0v) is 20.3. The Balaban J connectivity index is 1.62. The zero-order valence-electron chi connectivity index (χ0n) is 19.5. The first-order valence-corrected chi connectivity index (χ1v) is 12.4. The fraction of sp³-hybridized carbons (Fsp3) is 0.172. The molecule has 6 heteroatoms. The van der Waals surface area contributed by atoms with E-state index in [4.69, 9.17) is 14.5 Å². The Hall–Kier alpha value is -3.90. The van der Waals surface area contributed by atoms with Gasteiger partial charge in [0.1, 0.15) is 11.5 Å². The Labute approximate surface area is 206 Å². The van der Waals surface area contributed by atoms with Gasteiger partial charge < -0.3 is 9.47 Å². The molecule has 2 heterocycles. The SMILES string of the molecule is COc1ccc(OC)c(/C=c2/sc3n(c2=O)[C@H](c2ccccc2)C2=C(N=3)c3ccccc3CC2)c1. The van der Waals surface area contributed by atoms with Gasteiger partial charge in [-0.3, -0.25) is 9.36 Å². The lowest BCUT2D eigenvalue weighted by atomic mass is 9.83. The highest BCUT2D eigenvalue weighted by Crippen LogP contribution is 2.41. The number of nitrogens with zero attached hydrogens (tertiary/aromatic N) is 2. The lowest BCUT2D eigenvalue weighted by Crippen LogP contribution is -2.38. The topological polar surface area (TPSA) is 52.8 Å². The predicted molar refractivity (Wildman–Crippen MR) is 139 cm³/mol. The summed E-state index contributed by atoms with van der Waals surface area (Å²) in [7, 11) is 3.25. The molecule has 1 aliphatic heterocycles. The molecule has 0 radical (unpaired) electrons. The Morgan fingerprint density at radius 2 is 1.77 bits per heavy atom. The van der Waals surface area contributed by atoms with Crippen molar-refractivity contribution in [2.45, 2.75) is 18.9 Å². The van der Waals surface area contributed by atoms with Gasteiger partial charge >= 0.3 is 0 Å². The van der Waals surface area contributed by atoms with Crippen LogP contribution in [-0.2, 0) is 6.42 Å². The quantitative estimate of drug-likeness (QED) is 0.437. The molecule has 35 heavy (non-hydrogen) atoms. The van der Waals surface area contributed by atoms with Gasteiger partial charge in [-0.2, -0.15) is 0 Å². The molecule has 3 aromatic carbocycles. The molecular weight excluding hydrogens is 456 g/mol. The minimum atomic E-state index is -0.176. The first kappa shape index (κ1) is 21.6. The monoisotopic (exact) mass is 480 g/mol. The molecule has 1 aromatic heterocycles. The number of benzene rings is 3. The minimum absolute atomic E-state index is 0.0436. The molecular formula is C29H24N2O3S. The summed E-state index contributed by atoms with van der Waals surface area (Å²) in [5, 5.41) is 0. The minimum Gasteiger partial charge on any atom is -0.497 e. The molecule has 0 spiro atoms. The fourth-order valence-electron chi connectivity index (χ4n) is 5.05. The van der Waals surface area contributed by atoms with Crippen molar-refractivity contribution in [3.63, 3.8) is 0 Å². The van der Waals surface area contributed by atoms with Crippen LogP contribution in [0.3, 0.4) is 0 Å². The molecule has 174 valence electrons. The second-order valence-electron chi connectivity index (χ2n) is 8.63. The summed E-state index contributed by atoms with van der Waals surface area (Å²) in [6, 6.07) is 24.1. The van der Waals surface area contributed by atoms with Crippen LogP contribution >= 0.6 is 11.3 Å². The van der Waals surface area contributed by atoms with Gasteiger partial charge in [0.15, 0.2) is 4.80 Å². The van der Waals surface area contributed by atoms with Crippen LogP contribution in [-0.4, -0.2) is 18.8 Å². The van der Waals surface area contributed by atoms with Crippen molar-refractivity contribution in [3.8, 4) is 11.5 Å². The standard InChI is InChI=1S/C29H24N2O3S/c1-33-21-13-15-24(34-2)20(16-21)17-25-28(32)31-27(19-9-4-3-5-10-19)23-14-12-18-8-6-7-11-22(18)26(23)30-29(31)35-25/h3-11,13,15-17,27H,12,14H2,1-2H3/b25-17+/t27-/m1/s1. The lowest BCUT2D eigenvalue weighted by molar-refractivity contribution is 0.402. The van der Waals surface area contributed by atoms with Gasteiger partial charge in [-0.15, -0.1) is 0 Å². The third kappa shape index (κ3) is 3.61. The van der Waals surface area contributed by atoms with Crippen molar-refractivity contribution >= 4 is 23.1 Å². The van der Waals surface area contributed by atoms with Crippen LogP contribution in [0.4, 0.5) is 0 Å². The third-order valence-corrected chi connectivity index (χ3v) is 7.69. The molecule has 6 rings (SSSR count). The summed E-state index contributed by atoms with van der Waals surface area (Å²) < 4.78 is 13.4. The number of fused-ring (bicyclic) bond motifs is 3. The molecule has 0 bridgehead atoms. The van der Waals surface area contributed by atoms with Crippen LogP contribution < -0.4 is 24.4 Å². The number of rotatable bonds is 4. The summed E-state index contributed by atoms with van der Waals surface area (Å²) in [6.45, 7) is 0. The Morgan fingerprint density at radius 1 is 0.971 bits per heavy atom. The molecule has 0 saturated heterocycles. The van der Waals surface area contributed by atoms with Gasteiger partial charge in [0.2, 0.25) is 0 Å². The molecule has 0 N–H and O–H groups in total. The second kappa shape index (κ2) is 8.71. The number of hydrogen-bond acceptors (Lipinski definition) is 5. The normalized spacial score (nSPS) is 16.7. The number of hydrogen-bond donors (Lipinski definition) is 0. The van der Waals surface area contributed by atoms with E-state index in [1.54, 1.807) is 14.2 Å². The predicted octanol–water partition coefficient (Wildman–Crippen LogP) is 4.34. The molecule has 1 atom stereocenters. The van der Waals surface area contributed by atoms with E-state index < -0.39 is 0 Å². The van der Waals surface area contributed by atoms with Gasteiger partial charge in [0.05, 0.1) is 30.5 Å². The molecule has 1 aliphatic carbocycles. The Bertz CT molecular complexity index is 1650. The average molecular weight is 481 g/mol. The van der Waals surface area contributed by atoms with E-state index in [2.05, 4.69) is 36.4 Å². The van der Waals surface area contributed by atoms with Crippen LogP contribution in [0.15, 0.2) is 88.2 Å². The maximum atomic E-state index is 13.9. The molecule has 0 amide bonds. The highest BCUT2D eigenvalue weighted by molar-refractivity contribution is 7.07. The van der Waals surface area contributed by atoms with Crippen LogP contribution in [0, 0.1) is 0 Å². The van der Waals surface area contributed by atoms with Crippen molar-refractivity contribution < 1.29 is 9.47 Å². The Kier molecular flexibility index (Phi) is 5.38. The largest absolute Gasteiger partial charge is 0.497 e. The van der Waals surface area contributed by atoms with Crippen molar-refractivity contribution in [1.82, 2.24) is 4.57 Å². The first-order chi connectivity index (χ1) is 17.2. The first-order valence-electron chi connectivity index (χ1n) is 11.6. The molecule has 5 nitrogen and oxygen atoms in total. The molecule has 2 aliphatic rings. The van der Waals surface area contributed by atoms with E-state index in [0.29, 0.717) is 20.8 Å². The van der Waals surface area contributed by atoms with Crippen molar-refractivity contribution in [3.05, 3.63) is 120 Å². The smallest absolute Gasteiger partial charge is 0.271 e. The van der Waals surface area contributed by atoms with Crippen LogP contribution in [0.2, 0.25) is 0 Å². The van der Waals surface area contributed by atoms with Crippen LogP contribution in [0.1, 0.15) is 34.7 Å². The summed E-state index contributed by atoms with van der Waals surface area (Å²) in [5.41, 5.74) is 6.53. The number of allylic oxidation sites excluding steroid dienone is 1. The molecule has 0 unspecified atom stereocenters. The van der Waals surface area contributed by atoms with E-state index in [1.165, 1.54) is 28.0 Å². The second-order valence-corrected chi connectivity index (χ2v) is 9.64. The molecule has 0 saturated carbocycles. The van der Waals surface area contributed by atoms with E-state index in [1.807, 2.05) is 47.0 Å². The van der Waals surface area contributed by atoms with Gasteiger partial charge in [-0.1, -0.05) is 65.9 Å². The summed E-state index contributed by atoms with van der Waals surface area (Å²) >= 11 is 1.42. The van der Waals surface area contributed by atoms with Gasteiger partial charge in [-0.05, 0) is 53.8 Å². The van der Waals surface area contributed by atoms with Crippen molar-refractivity contribution in [2.24, 2.45) is 4.99 Å². The Morgan fingerprint density at radius 3 is 2.57 bits per heavy atom. The van der Waals surface area contributed by atoms with Crippen molar-refractivity contribution in [2.75, 3.05) is 14.2 Å². The maximum Gasteiger partial charge on any atom is 0.271 e. The van der Waals surface area contributed by atoms with Gasteiger partial charge in [0, 0.05) is 11.1 Å². The zero-order chi connectivity index (χ0) is 23.9. The van der Waals surface area contributed by atoms with Crippen molar-refractivity contribution in [1.29, 1.82) is 0 Å². The number of methoxy groups -OCH3 is 2. The summed E-state index contributed by atoms with van der Waals surface area (Å²) in [5.74, 6) is 1.39. The lowest BCUT2D eigenvalue weighted by Gasteiger charge is -2.30. The van der Waals surface area contributed by atoms with Gasteiger partial charge in [0.25, 0.3) is 5.56 Å². The van der Waals surface area contributed by atoms with Crippen LogP contribution in [0.5, 0.6) is 11.5 Å². The molecule has 4 aromatic rings. The van der Waals surface area contributed by atoms with Gasteiger partial charge in [-0.25, -0.2) is 4.99 Å². The van der Waals surface area contributed by atoms with E-state index >= 15 is 0 Å². The highest BCUT2D eigenvalue weighted by Gasteiger charge is 2.32. The number of thiazole rings is 1. The number of aryl methyl sites for hydroxylation is 1. The maximum absolute atomic E-state index is 13.9. The van der Waals surface area contributed by atoms with E-state index in [9.17, 15) is 4.79 Å². The highest BCUT2D eigenvalue weighted by atomic mass is 32.1. The summed E-state index contributed by atoms with van der Waals surface area (Å²) in [6.07, 6.45) is 3.70. The van der Waals surface area contributed by atoms with Crippen LogP contribution in [0.25, 0.3) is 11.8 Å². The van der Waals surface area contributed by atoms with E-state index in [-0.39, 0.29) is 11.6 Å². The number of ether oxygens (including phenoxy) is 2. The number of aromatic nitrogens is 1.